The van der Waals surface area contributed by atoms with Crippen LogP contribution in [-0.4, -0.2) is 24.5 Å². The average Bonchev–Trinajstić information content (AvgIpc) is 3.35. The molecular weight excluding hydrogens is 290 g/mol. The van der Waals surface area contributed by atoms with Crippen LogP contribution in [0, 0.1) is 0 Å². The first-order valence-corrected chi connectivity index (χ1v) is 7.95. The Morgan fingerprint density at radius 1 is 1.13 bits per heavy atom. The number of imide groups is 1. The van der Waals surface area contributed by atoms with Gasteiger partial charge in [0.2, 0.25) is 5.91 Å². The average molecular weight is 311 g/mol. The fourth-order valence-corrected chi connectivity index (χ4v) is 2.60. The topological polar surface area (TPSA) is 70.2 Å². The molecule has 1 aliphatic carbocycles. The molecule has 23 heavy (non-hydrogen) atoms. The lowest BCUT2D eigenvalue weighted by atomic mass is 10.00. The molecule has 5 nitrogen and oxygen atoms in total. The summed E-state index contributed by atoms with van der Waals surface area (Å²) in [5.41, 5.74) is 1.14. The highest BCUT2D eigenvalue weighted by molar-refractivity contribution is 5.95. The molecule has 1 fully saturated rings. The zero-order chi connectivity index (χ0) is 16.2. The van der Waals surface area contributed by atoms with Crippen molar-refractivity contribution in [2.75, 3.05) is 6.54 Å². The third-order valence-corrected chi connectivity index (χ3v) is 4.02. The van der Waals surface area contributed by atoms with Crippen molar-refractivity contribution in [3.8, 4) is 0 Å². The molecule has 2 aromatic rings. The largest absolute Gasteiger partial charge is 0.335 e. The number of rotatable bonds is 5. The van der Waals surface area contributed by atoms with E-state index < -0.39 is 6.03 Å². The minimum absolute atomic E-state index is 0.0124. The van der Waals surface area contributed by atoms with E-state index in [1.54, 1.807) is 0 Å². The molecule has 3 rings (SSSR count). The Labute approximate surface area is 135 Å². The Balaban J connectivity index is 1.56. The van der Waals surface area contributed by atoms with Crippen LogP contribution in [0.4, 0.5) is 4.79 Å². The second-order valence-corrected chi connectivity index (χ2v) is 5.97. The number of urea groups is 1. The molecule has 0 unspecified atom stereocenters. The summed E-state index contributed by atoms with van der Waals surface area (Å²) in [5.74, 6) is -0.324. The summed E-state index contributed by atoms with van der Waals surface area (Å²) in [4.78, 5) is 23.3. The van der Waals surface area contributed by atoms with Crippen LogP contribution >= 0.6 is 0 Å². The normalized spacial score (nSPS) is 15.2. The van der Waals surface area contributed by atoms with Gasteiger partial charge in [0, 0.05) is 12.1 Å². The first-order valence-electron chi connectivity index (χ1n) is 7.95. The van der Waals surface area contributed by atoms with E-state index >= 15 is 0 Å². The van der Waals surface area contributed by atoms with E-state index in [0.29, 0.717) is 0 Å². The first-order chi connectivity index (χ1) is 11.1. The van der Waals surface area contributed by atoms with Crippen LogP contribution in [0.1, 0.15) is 31.4 Å². The van der Waals surface area contributed by atoms with Crippen molar-refractivity contribution in [2.24, 2.45) is 0 Å². The summed E-state index contributed by atoms with van der Waals surface area (Å²) in [6, 6.07) is 14.1. The minimum atomic E-state index is -0.405. The molecule has 0 radical (unpaired) electrons. The highest BCUT2D eigenvalue weighted by Crippen LogP contribution is 2.23. The van der Waals surface area contributed by atoms with Gasteiger partial charge in [-0.1, -0.05) is 42.5 Å². The molecule has 0 spiro atoms. The molecule has 0 aromatic heterocycles. The Morgan fingerprint density at radius 2 is 1.87 bits per heavy atom. The van der Waals surface area contributed by atoms with E-state index in [2.05, 4.69) is 40.2 Å². The van der Waals surface area contributed by atoms with E-state index in [0.717, 1.165) is 18.4 Å². The first kappa shape index (κ1) is 15.5. The molecule has 0 bridgehead atoms. The lowest BCUT2D eigenvalue weighted by molar-refractivity contribution is -0.119. The Bertz CT molecular complexity index is 720. The van der Waals surface area contributed by atoms with Crippen LogP contribution in [0.5, 0.6) is 0 Å². The van der Waals surface area contributed by atoms with Gasteiger partial charge in [0.15, 0.2) is 0 Å². The monoisotopic (exact) mass is 311 g/mol. The maximum atomic E-state index is 11.8. The molecule has 3 N–H and O–H groups in total. The molecule has 5 heteroatoms. The number of fused-ring (bicyclic) bond motifs is 1. The highest BCUT2D eigenvalue weighted by atomic mass is 16.2. The van der Waals surface area contributed by atoms with Gasteiger partial charge in [-0.3, -0.25) is 10.1 Å². The summed E-state index contributed by atoms with van der Waals surface area (Å²) in [6.45, 7) is 2.11. The van der Waals surface area contributed by atoms with Crippen LogP contribution in [0.2, 0.25) is 0 Å². The molecule has 120 valence electrons. The molecule has 0 aliphatic heterocycles. The van der Waals surface area contributed by atoms with Crippen LogP contribution in [0.25, 0.3) is 10.8 Å². The fraction of sp³-hybridized carbons (Fsp3) is 0.333. The summed E-state index contributed by atoms with van der Waals surface area (Å²) < 4.78 is 0. The lowest BCUT2D eigenvalue weighted by Crippen LogP contribution is -2.44. The number of hydrogen-bond acceptors (Lipinski definition) is 3. The van der Waals surface area contributed by atoms with Gasteiger partial charge in [-0.15, -0.1) is 0 Å². The van der Waals surface area contributed by atoms with Crippen molar-refractivity contribution in [3.05, 3.63) is 48.0 Å². The molecule has 3 amide bonds. The van der Waals surface area contributed by atoms with Crippen LogP contribution in [0.3, 0.4) is 0 Å². The van der Waals surface area contributed by atoms with Crippen molar-refractivity contribution >= 4 is 22.7 Å². The molecule has 1 saturated carbocycles. The van der Waals surface area contributed by atoms with Crippen LogP contribution in [0.15, 0.2) is 42.5 Å². The van der Waals surface area contributed by atoms with Crippen LogP contribution in [-0.2, 0) is 4.79 Å². The zero-order valence-electron chi connectivity index (χ0n) is 13.1. The molecule has 1 aliphatic rings. The Kier molecular flexibility index (Phi) is 4.57. The quantitative estimate of drug-likeness (QED) is 0.794. The minimum Gasteiger partial charge on any atom is -0.335 e. The van der Waals surface area contributed by atoms with Gasteiger partial charge in [0.05, 0.1) is 6.54 Å². The van der Waals surface area contributed by atoms with Crippen LogP contribution < -0.4 is 16.0 Å². The van der Waals surface area contributed by atoms with Crippen molar-refractivity contribution in [1.82, 2.24) is 16.0 Å². The van der Waals surface area contributed by atoms with E-state index in [1.165, 1.54) is 10.8 Å². The summed E-state index contributed by atoms with van der Waals surface area (Å²) >= 11 is 0. The molecule has 0 saturated heterocycles. The predicted molar refractivity (Wildman–Crippen MR) is 90.1 cm³/mol. The predicted octanol–water partition coefficient (Wildman–Crippen LogP) is 2.48. The smallest absolute Gasteiger partial charge is 0.321 e. The number of nitrogens with one attached hydrogen (secondary N) is 3. The number of amides is 3. The van der Waals surface area contributed by atoms with Gasteiger partial charge in [-0.25, -0.2) is 4.79 Å². The standard InChI is InChI=1S/C18H21N3O2/c1-12(15-8-4-6-13-5-2-3-7-16(13)15)19-11-17(22)21-18(23)20-14-9-10-14/h2-8,12,14,19H,9-11H2,1H3,(H2,20,21,22,23)/t12-/m0/s1. The zero-order valence-corrected chi connectivity index (χ0v) is 13.1. The van der Waals surface area contributed by atoms with Gasteiger partial charge in [0.25, 0.3) is 0 Å². The second-order valence-electron chi connectivity index (χ2n) is 5.97. The second kappa shape index (κ2) is 6.79. The molecule has 1 atom stereocenters. The Morgan fingerprint density at radius 3 is 2.65 bits per heavy atom. The van der Waals surface area contributed by atoms with Gasteiger partial charge in [-0.05, 0) is 36.1 Å². The van der Waals surface area contributed by atoms with Crippen molar-refractivity contribution < 1.29 is 9.59 Å². The molecule has 0 heterocycles. The fourth-order valence-electron chi connectivity index (χ4n) is 2.60. The highest BCUT2D eigenvalue weighted by Gasteiger charge is 2.23. The SMILES string of the molecule is C[C@H](NCC(=O)NC(=O)NC1CC1)c1cccc2ccccc12. The molecule has 2 aromatic carbocycles. The van der Waals surface area contributed by atoms with Gasteiger partial charge >= 0.3 is 6.03 Å². The maximum Gasteiger partial charge on any atom is 0.321 e. The van der Waals surface area contributed by atoms with Crippen molar-refractivity contribution in [1.29, 1.82) is 0 Å². The third-order valence-electron chi connectivity index (χ3n) is 4.02. The summed E-state index contributed by atoms with van der Waals surface area (Å²) in [7, 11) is 0. The number of benzene rings is 2. The number of carbonyl (C=O) groups is 2. The number of hydrogen-bond donors (Lipinski definition) is 3. The van der Waals surface area contributed by atoms with Crippen molar-refractivity contribution in [3.63, 3.8) is 0 Å². The van der Waals surface area contributed by atoms with Crippen molar-refractivity contribution in [2.45, 2.75) is 31.8 Å². The molecular formula is C18H21N3O2. The van der Waals surface area contributed by atoms with E-state index in [-0.39, 0.29) is 24.5 Å². The summed E-state index contributed by atoms with van der Waals surface area (Å²) in [6.07, 6.45) is 2.00. The van der Waals surface area contributed by atoms with E-state index in [1.807, 2.05) is 25.1 Å². The lowest BCUT2D eigenvalue weighted by Gasteiger charge is -2.16. The number of carbonyl (C=O) groups excluding carboxylic acids is 2. The van der Waals surface area contributed by atoms with E-state index in [9.17, 15) is 9.59 Å². The Hall–Kier alpha value is -2.40. The van der Waals surface area contributed by atoms with E-state index in [4.69, 9.17) is 0 Å². The maximum absolute atomic E-state index is 11.8. The van der Waals surface area contributed by atoms with Gasteiger partial charge < -0.3 is 10.6 Å². The van der Waals surface area contributed by atoms with Gasteiger partial charge in [0.1, 0.15) is 0 Å². The third kappa shape index (κ3) is 4.07. The summed E-state index contributed by atoms with van der Waals surface area (Å²) in [5, 5.41) is 10.6. The van der Waals surface area contributed by atoms with Gasteiger partial charge in [-0.2, -0.15) is 0 Å².